The number of aryl methyl sites for hydroxylation is 1. The fourth-order valence-electron chi connectivity index (χ4n) is 5.20. The number of aromatic amines is 1. The number of nitrogens with one attached hydrogen (secondary N) is 1. The number of amides is 1. The minimum absolute atomic E-state index is 0.0244. The summed E-state index contributed by atoms with van der Waals surface area (Å²) in [6.45, 7) is 9.08. The topological polar surface area (TPSA) is 76.0 Å². The Balaban J connectivity index is 1.44. The summed E-state index contributed by atoms with van der Waals surface area (Å²) in [5.74, 6) is 0.0244. The maximum atomic E-state index is 11.8. The molecule has 2 fully saturated rings. The third-order valence-electron chi connectivity index (χ3n) is 6.96. The van der Waals surface area contributed by atoms with Crippen molar-refractivity contribution in [1.82, 2.24) is 15.1 Å². The monoisotopic (exact) mass is 411 g/mol. The van der Waals surface area contributed by atoms with Crippen molar-refractivity contribution in [3.63, 3.8) is 0 Å². The van der Waals surface area contributed by atoms with E-state index in [0.717, 1.165) is 72.3 Å². The second-order valence-electron chi connectivity index (χ2n) is 8.79. The lowest BCUT2D eigenvalue weighted by molar-refractivity contribution is -0.139. The summed E-state index contributed by atoms with van der Waals surface area (Å²) < 4.78 is 0. The van der Waals surface area contributed by atoms with Gasteiger partial charge >= 0.3 is 0 Å². The number of benzene rings is 2. The second kappa shape index (κ2) is 7.28. The molecule has 3 heterocycles. The van der Waals surface area contributed by atoms with Gasteiger partial charge in [-0.25, -0.2) is 0 Å². The van der Waals surface area contributed by atoms with Crippen LogP contribution in [0.5, 0.6) is 0 Å². The van der Waals surface area contributed by atoms with Crippen molar-refractivity contribution >= 4 is 22.5 Å². The van der Waals surface area contributed by atoms with Crippen molar-refractivity contribution in [1.29, 1.82) is 5.26 Å². The van der Waals surface area contributed by atoms with E-state index in [1.807, 2.05) is 29.3 Å². The molecule has 156 valence electrons. The van der Waals surface area contributed by atoms with Gasteiger partial charge in [-0.15, -0.1) is 0 Å². The number of hydrogen-bond acceptors (Lipinski definition) is 4. The van der Waals surface area contributed by atoms with Gasteiger partial charge in [-0.3, -0.25) is 9.89 Å². The first-order valence-electron chi connectivity index (χ1n) is 10.7. The lowest BCUT2D eigenvalue weighted by Gasteiger charge is -2.54. The van der Waals surface area contributed by atoms with Gasteiger partial charge in [0.05, 0.1) is 23.0 Å². The smallest absolute Gasteiger partial charge is 0.245 e. The fraction of sp³-hybridized carbons (Fsp3) is 0.320. The van der Waals surface area contributed by atoms with E-state index in [0.29, 0.717) is 5.56 Å². The van der Waals surface area contributed by atoms with E-state index < -0.39 is 0 Å². The van der Waals surface area contributed by atoms with E-state index in [4.69, 9.17) is 0 Å². The summed E-state index contributed by atoms with van der Waals surface area (Å²) in [5.41, 5.74) is 6.05. The average Bonchev–Trinajstić information content (AvgIpc) is 3.25. The first-order valence-corrected chi connectivity index (χ1v) is 10.7. The highest BCUT2D eigenvalue weighted by Gasteiger charge is 2.46. The molecule has 1 spiro atoms. The Kier molecular flexibility index (Phi) is 4.55. The Morgan fingerprint density at radius 3 is 2.74 bits per heavy atom. The van der Waals surface area contributed by atoms with Crippen molar-refractivity contribution in [3.05, 3.63) is 60.3 Å². The van der Waals surface area contributed by atoms with Crippen LogP contribution in [-0.2, 0) is 4.79 Å². The summed E-state index contributed by atoms with van der Waals surface area (Å²) in [6, 6.07) is 12.7. The molecular formula is C25H25N5O. The van der Waals surface area contributed by atoms with Crippen LogP contribution in [0.15, 0.2) is 49.2 Å². The van der Waals surface area contributed by atoms with E-state index in [2.05, 4.69) is 46.8 Å². The molecule has 2 saturated heterocycles. The fourth-order valence-corrected chi connectivity index (χ4v) is 5.20. The molecule has 0 atom stereocenters. The van der Waals surface area contributed by atoms with Crippen LogP contribution >= 0.6 is 0 Å². The van der Waals surface area contributed by atoms with E-state index in [-0.39, 0.29) is 11.3 Å². The van der Waals surface area contributed by atoms with Crippen LogP contribution in [0.4, 0.5) is 5.69 Å². The number of likely N-dealkylation sites (tertiary alicyclic amines) is 1. The highest BCUT2D eigenvalue weighted by Crippen LogP contribution is 2.43. The molecule has 2 aliphatic rings. The average molecular weight is 412 g/mol. The number of anilines is 1. The van der Waals surface area contributed by atoms with Crippen molar-refractivity contribution < 1.29 is 4.79 Å². The predicted molar refractivity (Wildman–Crippen MR) is 122 cm³/mol. The van der Waals surface area contributed by atoms with Crippen LogP contribution < -0.4 is 4.90 Å². The molecule has 2 aliphatic heterocycles. The standard InChI is InChI=1S/C25H25N5O/c1-3-23(31)30-15-25(16-30)9-11-29(12-10-25)22-6-4-5-18(19(22)13-26)24-17(2)7-8-21-20(24)14-27-28-21/h3-8,14H,1,9-12,15-16H2,2H3,(H,27,28). The van der Waals surface area contributed by atoms with Gasteiger partial charge in [0.15, 0.2) is 0 Å². The van der Waals surface area contributed by atoms with Gasteiger partial charge < -0.3 is 9.80 Å². The van der Waals surface area contributed by atoms with E-state index >= 15 is 0 Å². The van der Waals surface area contributed by atoms with Gasteiger partial charge in [-0.1, -0.05) is 24.8 Å². The zero-order valence-corrected chi connectivity index (χ0v) is 17.7. The highest BCUT2D eigenvalue weighted by atomic mass is 16.2. The molecule has 3 aromatic rings. The van der Waals surface area contributed by atoms with Gasteiger partial charge in [0.25, 0.3) is 0 Å². The maximum absolute atomic E-state index is 11.8. The van der Waals surface area contributed by atoms with Crippen molar-refractivity contribution in [2.75, 3.05) is 31.1 Å². The molecule has 31 heavy (non-hydrogen) atoms. The van der Waals surface area contributed by atoms with Crippen LogP contribution in [0, 0.1) is 23.7 Å². The minimum atomic E-state index is 0.0244. The number of piperidine rings is 1. The number of H-pyrrole nitrogens is 1. The summed E-state index contributed by atoms with van der Waals surface area (Å²) in [6.07, 6.45) is 5.29. The molecule has 0 bridgehead atoms. The van der Waals surface area contributed by atoms with Gasteiger partial charge in [0.1, 0.15) is 6.07 Å². The number of hydrogen-bond donors (Lipinski definition) is 1. The van der Waals surface area contributed by atoms with E-state index in [9.17, 15) is 10.1 Å². The maximum Gasteiger partial charge on any atom is 0.245 e. The van der Waals surface area contributed by atoms with Crippen LogP contribution in [0.3, 0.4) is 0 Å². The molecule has 6 nitrogen and oxygen atoms in total. The molecule has 1 amide bonds. The van der Waals surface area contributed by atoms with Gasteiger partial charge in [-0.2, -0.15) is 10.4 Å². The number of nitrogens with zero attached hydrogens (tertiary/aromatic N) is 4. The van der Waals surface area contributed by atoms with E-state index in [1.54, 1.807) is 0 Å². The van der Waals surface area contributed by atoms with Crippen molar-refractivity contribution in [2.24, 2.45) is 5.41 Å². The van der Waals surface area contributed by atoms with Gasteiger partial charge in [0.2, 0.25) is 5.91 Å². The SMILES string of the molecule is C=CC(=O)N1CC2(CCN(c3cccc(-c4c(C)ccc5[nH]ncc45)c3C#N)CC2)C1. The predicted octanol–water partition coefficient (Wildman–Crippen LogP) is 4.02. The second-order valence-corrected chi connectivity index (χ2v) is 8.79. The Bertz CT molecular complexity index is 1220. The number of rotatable bonds is 3. The molecule has 5 rings (SSSR count). The first kappa shape index (κ1) is 19.4. The number of fused-ring (bicyclic) bond motifs is 1. The lowest BCUT2D eigenvalue weighted by Crippen LogP contribution is -2.61. The number of carbonyl (C=O) groups excluding carboxylic acids is 1. The molecule has 0 unspecified atom stereocenters. The number of aromatic nitrogens is 2. The number of carbonyl (C=O) groups is 1. The summed E-state index contributed by atoms with van der Waals surface area (Å²) >= 11 is 0. The first-order chi connectivity index (χ1) is 15.0. The Labute approximate surface area is 181 Å². The molecule has 6 heteroatoms. The molecule has 0 aliphatic carbocycles. The highest BCUT2D eigenvalue weighted by molar-refractivity contribution is 5.98. The van der Waals surface area contributed by atoms with Crippen molar-refractivity contribution in [2.45, 2.75) is 19.8 Å². The Hall–Kier alpha value is -3.59. The third-order valence-corrected chi connectivity index (χ3v) is 6.96. The normalized spacial score (nSPS) is 17.4. The van der Waals surface area contributed by atoms with Crippen LogP contribution in [0.2, 0.25) is 0 Å². The summed E-state index contributed by atoms with van der Waals surface area (Å²) in [4.78, 5) is 16.0. The van der Waals surface area contributed by atoms with Crippen LogP contribution in [-0.4, -0.2) is 47.2 Å². The third kappa shape index (κ3) is 3.09. The van der Waals surface area contributed by atoms with Crippen LogP contribution in [0.1, 0.15) is 24.0 Å². The lowest BCUT2D eigenvalue weighted by atomic mass is 9.71. The largest absolute Gasteiger partial charge is 0.370 e. The van der Waals surface area contributed by atoms with Crippen molar-refractivity contribution in [3.8, 4) is 17.2 Å². The molecule has 0 saturated carbocycles. The Morgan fingerprint density at radius 2 is 2.03 bits per heavy atom. The quantitative estimate of drug-likeness (QED) is 0.661. The molecule has 1 N–H and O–H groups in total. The molecular weight excluding hydrogens is 386 g/mol. The number of nitriles is 1. The zero-order valence-electron chi connectivity index (χ0n) is 17.7. The zero-order chi connectivity index (χ0) is 21.6. The molecule has 0 radical (unpaired) electrons. The summed E-state index contributed by atoms with van der Waals surface area (Å²) in [7, 11) is 0. The Morgan fingerprint density at radius 1 is 1.26 bits per heavy atom. The van der Waals surface area contributed by atoms with Crippen LogP contribution in [0.25, 0.3) is 22.0 Å². The minimum Gasteiger partial charge on any atom is -0.370 e. The molecule has 1 aromatic heterocycles. The van der Waals surface area contributed by atoms with Gasteiger partial charge in [0, 0.05) is 42.5 Å². The van der Waals surface area contributed by atoms with E-state index in [1.165, 1.54) is 6.08 Å². The van der Waals surface area contributed by atoms with Gasteiger partial charge in [-0.05, 0) is 49.1 Å². The molecule has 2 aromatic carbocycles. The summed E-state index contributed by atoms with van der Waals surface area (Å²) in [5, 5.41) is 18.4.